The van der Waals surface area contributed by atoms with Crippen LogP contribution in [-0.4, -0.2) is 67.5 Å². The summed E-state index contributed by atoms with van der Waals surface area (Å²) >= 11 is 1.86. The molecule has 2 fully saturated rings. The Kier molecular flexibility index (Phi) is 6.40. The molecule has 1 atom stereocenters. The second-order valence-electron chi connectivity index (χ2n) is 6.02. The van der Waals surface area contributed by atoms with Gasteiger partial charge < -0.3 is 14.4 Å². The predicted molar refractivity (Wildman–Crippen MR) is 96.4 cm³/mol. The number of carbonyl (C=O) groups is 1. The number of rotatable bonds is 6. The maximum atomic E-state index is 12.5. The monoisotopic (exact) mass is 350 g/mol. The van der Waals surface area contributed by atoms with Crippen molar-refractivity contribution in [2.45, 2.75) is 18.7 Å². The van der Waals surface area contributed by atoms with Gasteiger partial charge in [-0.3, -0.25) is 9.69 Å². The lowest BCUT2D eigenvalue weighted by atomic mass is 10.2. The number of carbonyl (C=O) groups excluding carboxylic acids is 1. The lowest BCUT2D eigenvalue weighted by Gasteiger charge is -2.37. The van der Waals surface area contributed by atoms with Crippen LogP contribution in [0.4, 0.5) is 0 Å². The second-order valence-corrected chi connectivity index (χ2v) is 7.20. The first-order chi connectivity index (χ1) is 11.8. The third kappa shape index (κ3) is 4.43. The summed E-state index contributed by atoms with van der Waals surface area (Å²) in [4.78, 5) is 16.9. The van der Waals surface area contributed by atoms with Crippen LogP contribution in [0.15, 0.2) is 24.3 Å². The van der Waals surface area contributed by atoms with Crippen molar-refractivity contribution in [1.82, 2.24) is 9.80 Å². The molecule has 1 amide bonds. The molecule has 0 N–H and O–H groups in total. The molecule has 2 aliphatic heterocycles. The molecule has 2 saturated heterocycles. The van der Waals surface area contributed by atoms with Gasteiger partial charge in [0.1, 0.15) is 11.1 Å². The molecule has 3 rings (SSSR count). The Morgan fingerprint density at radius 3 is 2.67 bits per heavy atom. The Balaban J connectivity index is 1.65. The molecule has 0 aromatic heterocycles. The van der Waals surface area contributed by atoms with Crippen molar-refractivity contribution in [3.63, 3.8) is 0 Å². The van der Waals surface area contributed by atoms with E-state index in [0.717, 1.165) is 50.9 Å². The molecule has 6 heteroatoms. The molecule has 0 saturated carbocycles. The first-order valence-electron chi connectivity index (χ1n) is 8.72. The van der Waals surface area contributed by atoms with E-state index in [1.165, 1.54) is 5.56 Å². The molecule has 132 valence electrons. The van der Waals surface area contributed by atoms with Gasteiger partial charge in [-0.1, -0.05) is 12.1 Å². The van der Waals surface area contributed by atoms with Crippen molar-refractivity contribution >= 4 is 17.7 Å². The van der Waals surface area contributed by atoms with E-state index in [0.29, 0.717) is 13.0 Å². The molecule has 1 aromatic carbocycles. The molecule has 24 heavy (non-hydrogen) atoms. The SMILES string of the molecule is CCOc1ccc(C2SCCC(=O)N2CCN2CCOCC2)cc1. The summed E-state index contributed by atoms with van der Waals surface area (Å²) in [7, 11) is 0. The summed E-state index contributed by atoms with van der Waals surface area (Å²) in [6.07, 6.45) is 0.640. The number of hydrogen-bond acceptors (Lipinski definition) is 5. The molecule has 1 aromatic rings. The Labute approximate surface area is 148 Å². The van der Waals surface area contributed by atoms with Gasteiger partial charge in [0.2, 0.25) is 5.91 Å². The van der Waals surface area contributed by atoms with Crippen molar-refractivity contribution in [1.29, 1.82) is 0 Å². The maximum Gasteiger partial charge on any atom is 0.224 e. The number of morpholine rings is 1. The Morgan fingerprint density at radius 1 is 1.21 bits per heavy atom. The normalized spacial score (nSPS) is 22.6. The number of amides is 1. The fourth-order valence-electron chi connectivity index (χ4n) is 3.11. The third-order valence-corrected chi connectivity index (χ3v) is 5.71. The van der Waals surface area contributed by atoms with Gasteiger partial charge in [0.15, 0.2) is 0 Å². The van der Waals surface area contributed by atoms with Gasteiger partial charge >= 0.3 is 0 Å². The molecular formula is C18H26N2O3S. The minimum atomic E-state index is 0.114. The number of nitrogens with zero attached hydrogens (tertiary/aromatic N) is 2. The summed E-state index contributed by atoms with van der Waals surface area (Å²) in [5.41, 5.74) is 1.18. The van der Waals surface area contributed by atoms with Gasteiger partial charge in [0, 0.05) is 38.4 Å². The van der Waals surface area contributed by atoms with E-state index in [-0.39, 0.29) is 11.3 Å². The van der Waals surface area contributed by atoms with Gasteiger partial charge in [-0.25, -0.2) is 0 Å². The van der Waals surface area contributed by atoms with Crippen molar-refractivity contribution in [3.05, 3.63) is 29.8 Å². The van der Waals surface area contributed by atoms with Crippen LogP contribution in [0.25, 0.3) is 0 Å². The summed E-state index contributed by atoms with van der Waals surface area (Å²) in [6, 6.07) is 8.17. The smallest absolute Gasteiger partial charge is 0.224 e. The lowest BCUT2D eigenvalue weighted by Crippen LogP contribution is -2.45. The fraction of sp³-hybridized carbons (Fsp3) is 0.611. The van der Waals surface area contributed by atoms with Gasteiger partial charge in [0.25, 0.3) is 0 Å². The van der Waals surface area contributed by atoms with Crippen LogP contribution >= 0.6 is 11.8 Å². The molecule has 5 nitrogen and oxygen atoms in total. The van der Waals surface area contributed by atoms with Crippen molar-refractivity contribution in [2.24, 2.45) is 0 Å². The summed E-state index contributed by atoms with van der Waals surface area (Å²) in [6.45, 7) is 7.87. The van der Waals surface area contributed by atoms with Crippen LogP contribution in [0.5, 0.6) is 5.75 Å². The number of benzene rings is 1. The Hall–Kier alpha value is -1.24. The van der Waals surface area contributed by atoms with E-state index in [1.807, 2.05) is 35.7 Å². The molecule has 1 unspecified atom stereocenters. The maximum absolute atomic E-state index is 12.5. The quantitative estimate of drug-likeness (QED) is 0.788. The van der Waals surface area contributed by atoms with Crippen molar-refractivity contribution in [3.8, 4) is 5.75 Å². The van der Waals surface area contributed by atoms with Crippen molar-refractivity contribution in [2.75, 3.05) is 51.8 Å². The largest absolute Gasteiger partial charge is 0.494 e. The summed E-state index contributed by atoms with van der Waals surface area (Å²) < 4.78 is 10.9. The highest BCUT2D eigenvalue weighted by molar-refractivity contribution is 7.99. The third-order valence-electron chi connectivity index (χ3n) is 4.43. The number of ether oxygens (including phenoxy) is 2. The van der Waals surface area contributed by atoms with Crippen molar-refractivity contribution < 1.29 is 14.3 Å². The van der Waals surface area contributed by atoms with Gasteiger partial charge in [0.05, 0.1) is 19.8 Å². The first kappa shape index (κ1) is 17.6. The van der Waals surface area contributed by atoms with Crippen LogP contribution in [-0.2, 0) is 9.53 Å². The van der Waals surface area contributed by atoms with Gasteiger partial charge in [-0.15, -0.1) is 11.8 Å². The highest BCUT2D eigenvalue weighted by Gasteiger charge is 2.30. The highest BCUT2D eigenvalue weighted by atomic mass is 32.2. The molecule has 0 aliphatic carbocycles. The van der Waals surface area contributed by atoms with E-state index < -0.39 is 0 Å². The van der Waals surface area contributed by atoms with E-state index >= 15 is 0 Å². The number of thioether (sulfide) groups is 1. The van der Waals surface area contributed by atoms with E-state index in [2.05, 4.69) is 17.0 Å². The van der Waals surface area contributed by atoms with E-state index in [4.69, 9.17) is 9.47 Å². The zero-order valence-electron chi connectivity index (χ0n) is 14.3. The fourth-order valence-corrected chi connectivity index (χ4v) is 4.38. The summed E-state index contributed by atoms with van der Waals surface area (Å²) in [5.74, 6) is 2.04. The molecular weight excluding hydrogens is 324 g/mol. The zero-order valence-corrected chi connectivity index (χ0v) is 15.1. The minimum absolute atomic E-state index is 0.114. The van der Waals surface area contributed by atoms with Gasteiger partial charge in [-0.05, 0) is 24.6 Å². The molecule has 0 radical (unpaired) electrons. The topological polar surface area (TPSA) is 42.0 Å². The molecule has 0 bridgehead atoms. The average molecular weight is 350 g/mol. The van der Waals surface area contributed by atoms with Gasteiger partial charge in [-0.2, -0.15) is 0 Å². The summed E-state index contributed by atoms with van der Waals surface area (Å²) in [5, 5.41) is 0.114. The van der Waals surface area contributed by atoms with Crippen LogP contribution in [0.3, 0.4) is 0 Å². The minimum Gasteiger partial charge on any atom is -0.494 e. The zero-order chi connectivity index (χ0) is 16.8. The van der Waals surface area contributed by atoms with Crippen LogP contribution in [0.2, 0.25) is 0 Å². The van der Waals surface area contributed by atoms with Crippen LogP contribution < -0.4 is 4.74 Å². The Morgan fingerprint density at radius 2 is 1.96 bits per heavy atom. The molecule has 2 aliphatic rings. The van der Waals surface area contributed by atoms with Crippen LogP contribution in [0, 0.1) is 0 Å². The highest BCUT2D eigenvalue weighted by Crippen LogP contribution is 2.37. The molecule has 0 spiro atoms. The Bertz CT molecular complexity index is 532. The van der Waals surface area contributed by atoms with Crippen LogP contribution in [0.1, 0.15) is 24.3 Å². The lowest BCUT2D eigenvalue weighted by molar-refractivity contribution is -0.132. The average Bonchev–Trinajstić information content (AvgIpc) is 2.62. The van der Waals surface area contributed by atoms with E-state index in [1.54, 1.807) is 0 Å². The predicted octanol–water partition coefficient (Wildman–Crippen LogP) is 2.38. The molecule has 2 heterocycles. The van der Waals surface area contributed by atoms with E-state index in [9.17, 15) is 4.79 Å². The first-order valence-corrected chi connectivity index (χ1v) is 9.76. The standard InChI is InChI=1S/C18H26N2O3S/c1-2-23-16-5-3-15(4-6-16)18-20(17(21)7-14-24-18)9-8-19-10-12-22-13-11-19/h3-6,18H,2,7-14H2,1H3. The number of hydrogen-bond donors (Lipinski definition) is 0. The second kappa shape index (κ2) is 8.74.